The number of aromatic nitrogens is 1. The molecular weight excluding hydrogens is 178 g/mol. The molecule has 0 saturated heterocycles. The quantitative estimate of drug-likeness (QED) is 0.675. The summed E-state index contributed by atoms with van der Waals surface area (Å²) < 4.78 is 5.08. The molecule has 64 valence electrons. The number of hydrogen-bond acceptors (Lipinski definition) is 3. The van der Waals surface area contributed by atoms with Crippen LogP contribution in [-0.4, -0.2) is 16.8 Å². The molecule has 0 fully saturated rings. The molecule has 1 aromatic rings. The topological polar surface area (TPSA) is 39.2 Å². The summed E-state index contributed by atoms with van der Waals surface area (Å²) in [6, 6.07) is 3.19. The number of carbonyl (C=O) groups is 1. The average molecular weight is 186 g/mol. The number of ether oxygens (including phenoxy) is 1. The van der Waals surface area contributed by atoms with E-state index in [4.69, 9.17) is 16.3 Å². The fraction of sp³-hybridized carbons (Fsp3) is 0.250. The molecule has 0 unspecified atom stereocenters. The van der Waals surface area contributed by atoms with E-state index >= 15 is 0 Å². The van der Waals surface area contributed by atoms with Gasteiger partial charge in [0.05, 0.1) is 12.2 Å². The van der Waals surface area contributed by atoms with Gasteiger partial charge in [-0.3, -0.25) is 4.79 Å². The van der Waals surface area contributed by atoms with Crippen molar-refractivity contribution in [2.24, 2.45) is 0 Å². The summed E-state index contributed by atoms with van der Waals surface area (Å²) in [7, 11) is 0. The summed E-state index contributed by atoms with van der Waals surface area (Å²) in [4.78, 5) is 14.5. The molecule has 3 nitrogen and oxygen atoms in total. The lowest BCUT2D eigenvalue weighted by Crippen LogP contribution is -1.96. The van der Waals surface area contributed by atoms with Crippen LogP contribution < -0.4 is 4.74 Å². The highest BCUT2D eigenvalue weighted by atomic mass is 35.5. The fourth-order valence-corrected chi connectivity index (χ4v) is 0.842. The Morgan fingerprint density at radius 1 is 1.67 bits per heavy atom. The highest BCUT2D eigenvalue weighted by molar-refractivity contribution is 6.67. The number of rotatable bonds is 3. The van der Waals surface area contributed by atoms with Gasteiger partial charge in [0, 0.05) is 12.3 Å². The van der Waals surface area contributed by atoms with E-state index in [9.17, 15) is 4.79 Å². The zero-order valence-corrected chi connectivity index (χ0v) is 7.34. The second-order valence-corrected chi connectivity index (χ2v) is 2.44. The predicted molar refractivity (Wildman–Crippen MR) is 45.6 cm³/mol. The first-order chi connectivity index (χ1) is 5.74. The molecule has 0 aliphatic rings. The third kappa shape index (κ3) is 2.20. The van der Waals surface area contributed by atoms with Crippen molar-refractivity contribution in [3.8, 4) is 5.88 Å². The first kappa shape index (κ1) is 9.00. The summed E-state index contributed by atoms with van der Waals surface area (Å²) in [5, 5.41) is -0.509. The highest BCUT2D eigenvalue weighted by Gasteiger charge is 2.01. The van der Waals surface area contributed by atoms with Crippen LogP contribution in [0.15, 0.2) is 18.3 Å². The number of halogens is 1. The van der Waals surface area contributed by atoms with Crippen molar-refractivity contribution in [1.29, 1.82) is 0 Å². The van der Waals surface area contributed by atoms with Gasteiger partial charge in [-0.25, -0.2) is 4.98 Å². The molecule has 0 spiro atoms. The fourth-order valence-electron chi connectivity index (χ4n) is 0.730. The second kappa shape index (κ2) is 4.07. The van der Waals surface area contributed by atoms with Crippen molar-refractivity contribution in [3.63, 3.8) is 0 Å². The van der Waals surface area contributed by atoms with Gasteiger partial charge < -0.3 is 4.74 Å². The van der Waals surface area contributed by atoms with Gasteiger partial charge >= 0.3 is 0 Å². The largest absolute Gasteiger partial charge is 0.478 e. The molecule has 4 heteroatoms. The van der Waals surface area contributed by atoms with E-state index in [0.29, 0.717) is 18.1 Å². The summed E-state index contributed by atoms with van der Waals surface area (Å²) in [5.74, 6) is 0.499. The summed E-state index contributed by atoms with van der Waals surface area (Å²) in [5.41, 5.74) is 0.375. The van der Waals surface area contributed by atoms with E-state index in [-0.39, 0.29) is 0 Å². The van der Waals surface area contributed by atoms with Crippen LogP contribution in [0.5, 0.6) is 5.88 Å². The van der Waals surface area contributed by atoms with Crippen molar-refractivity contribution in [2.75, 3.05) is 6.61 Å². The monoisotopic (exact) mass is 185 g/mol. The lowest BCUT2D eigenvalue weighted by molar-refractivity contribution is 0.108. The minimum Gasteiger partial charge on any atom is -0.478 e. The van der Waals surface area contributed by atoms with Gasteiger partial charge in [0.1, 0.15) is 0 Å². The number of pyridine rings is 1. The van der Waals surface area contributed by atoms with Crippen LogP contribution in [0.4, 0.5) is 0 Å². The Morgan fingerprint density at radius 3 is 2.83 bits per heavy atom. The van der Waals surface area contributed by atoms with Gasteiger partial charge in [-0.05, 0) is 24.6 Å². The van der Waals surface area contributed by atoms with Gasteiger partial charge in [0.2, 0.25) is 5.88 Å². The van der Waals surface area contributed by atoms with E-state index < -0.39 is 5.24 Å². The summed E-state index contributed by atoms with van der Waals surface area (Å²) >= 11 is 5.21. The molecule has 1 heterocycles. The van der Waals surface area contributed by atoms with Gasteiger partial charge in [0.25, 0.3) is 5.24 Å². The lowest BCUT2D eigenvalue weighted by atomic mass is 10.3. The molecule has 0 aliphatic carbocycles. The molecule has 0 atom stereocenters. The van der Waals surface area contributed by atoms with Crippen molar-refractivity contribution < 1.29 is 9.53 Å². The van der Waals surface area contributed by atoms with Crippen LogP contribution in [-0.2, 0) is 0 Å². The first-order valence-electron chi connectivity index (χ1n) is 3.52. The minimum absolute atomic E-state index is 0.375. The zero-order chi connectivity index (χ0) is 8.97. The van der Waals surface area contributed by atoms with Crippen LogP contribution >= 0.6 is 11.6 Å². The van der Waals surface area contributed by atoms with E-state index in [1.807, 2.05) is 6.92 Å². The minimum atomic E-state index is -0.509. The number of nitrogens with zero attached hydrogens (tertiary/aromatic N) is 1. The highest BCUT2D eigenvalue weighted by Crippen LogP contribution is 2.08. The Hall–Kier alpha value is -1.09. The Labute approximate surface area is 75.3 Å². The van der Waals surface area contributed by atoms with Crippen molar-refractivity contribution in [1.82, 2.24) is 4.98 Å². The molecule has 0 aromatic carbocycles. The molecular formula is C8H8ClNO2. The van der Waals surface area contributed by atoms with Gasteiger partial charge in [0.15, 0.2) is 0 Å². The third-order valence-electron chi connectivity index (χ3n) is 1.26. The van der Waals surface area contributed by atoms with Gasteiger partial charge in [-0.2, -0.15) is 0 Å². The second-order valence-electron chi connectivity index (χ2n) is 2.09. The SMILES string of the molecule is CCOc1ccc(C(=O)Cl)cn1. The summed E-state index contributed by atoms with van der Waals surface area (Å²) in [6.07, 6.45) is 1.39. The lowest BCUT2D eigenvalue weighted by Gasteiger charge is -2.00. The van der Waals surface area contributed by atoms with Crippen LogP contribution in [0, 0.1) is 0 Å². The summed E-state index contributed by atoms with van der Waals surface area (Å²) in [6.45, 7) is 2.42. The number of carbonyl (C=O) groups excluding carboxylic acids is 1. The van der Waals surface area contributed by atoms with E-state index in [2.05, 4.69) is 4.98 Å². The predicted octanol–water partition coefficient (Wildman–Crippen LogP) is 1.86. The molecule has 0 bridgehead atoms. The zero-order valence-electron chi connectivity index (χ0n) is 6.58. The van der Waals surface area contributed by atoms with Gasteiger partial charge in [-0.1, -0.05) is 0 Å². The van der Waals surface area contributed by atoms with Crippen molar-refractivity contribution >= 4 is 16.8 Å². The van der Waals surface area contributed by atoms with Crippen LogP contribution in [0.25, 0.3) is 0 Å². The Bertz CT molecular complexity index is 271. The molecule has 0 saturated carbocycles. The van der Waals surface area contributed by atoms with E-state index in [1.54, 1.807) is 12.1 Å². The maximum atomic E-state index is 10.6. The Morgan fingerprint density at radius 2 is 2.42 bits per heavy atom. The van der Waals surface area contributed by atoms with E-state index in [1.165, 1.54) is 6.20 Å². The van der Waals surface area contributed by atoms with Crippen molar-refractivity contribution in [2.45, 2.75) is 6.92 Å². The third-order valence-corrected chi connectivity index (χ3v) is 1.47. The molecule has 0 aliphatic heterocycles. The van der Waals surface area contributed by atoms with Gasteiger partial charge in [-0.15, -0.1) is 0 Å². The van der Waals surface area contributed by atoms with Crippen LogP contribution in [0.3, 0.4) is 0 Å². The molecule has 12 heavy (non-hydrogen) atoms. The maximum Gasteiger partial charge on any atom is 0.253 e. The molecule has 1 aromatic heterocycles. The molecule has 0 radical (unpaired) electrons. The molecule has 1 rings (SSSR count). The molecule has 0 amide bonds. The first-order valence-corrected chi connectivity index (χ1v) is 3.90. The Kier molecular flexibility index (Phi) is 3.05. The Balaban J connectivity index is 2.78. The smallest absolute Gasteiger partial charge is 0.253 e. The van der Waals surface area contributed by atoms with Crippen LogP contribution in [0.1, 0.15) is 17.3 Å². The standard InChI is InChI=1S/C8H8ClNO2/c1-2-12-7-4-3-6(5-10-7)8(9)11/h3-5H,2H2,1H3. The molecule has 0 N–H and O–H groups in total. The van der Waals surface area contributed by atoms with E-state index in [0.717, 1.165) is 0 Å². The number of hydrogen-bond donors (Lipinski definition) is 0. The normalized spacial score (nSPS) is 9.50. The van der Waals surface area contributed by atoms with Crippen LogP contribution in [0.2, 0.25) is 0 Å². The van der Waals surface area contributed by atoms with Crippen molar-refractivity contribution in [3.05, 3.63) is 23.9 Å². The average Bonchev–Trinajstić information content (AvgIpc) is 2.06. The maximum absolute atomic E-state index is 10.6.